The molecule has 4 heteroatoms. The Kier molecular flexibility index (Phi) is 13.7. The second kappa shape index (κ2) is 13.8. The Morgan fingerprint density at radius 2 is 1.40 bits per heavy atom. The number of hydrogen-bond acceptors (Lipinski definition) is 4. The average Bonchev–Trinajstić information content (AvgIpc) is 2.39. The zero-order chi connectivity index (χ0) is 15.2. The van der Waals surface area contributed by atoms with Crippen molar-refractivity contribution in [3.8, 4) is 0 Å². The van der Waals surface area contributed by atoms with Gasteiger partial charge in [0.05, 0.1) is 26.4 Å². The predicted molar refractivity (Wildman–Crippen MR) is 84.2 cm³/mol. The minimum Gasteiger partial charge on any atom is -0.382 e. The fourth-order valence-electron chi connectivity index (χ4n) is 1.93. The molecule has 20 heavy (non-hydrogen) atoms. The molecule has 0 bridgehead atoms. The molecule has 4 nitrogen and oxygen atoms in total. The molecule has 1 atom stereocenters. The number of hydrogen-bond donors (Lipinski definition) is 1. The highest BCUT2D eigenvalue weighted by Gasteiger charge is 2.12. The van der Waals surface area contributed by atoms with Gasteiger partial charge in [-0.2, -0.15) is 0 Å². The summed E-state index contributed by atoms with van der Waals surface area (Å²) in [5.74, 6) is 2.09. The Hall–Kier alpha value is -0.160. The first-order chi connectivity index (χ1) is 9.57. The monoisotopic (exact) mass is 289 g/mol. The third-order valence-corrected chi connectivity index (χ3v) is 3.34. The summed E-state index contributed by atoms with van der Waals surface area (Å²) in [5, 5.41) is 3.55. The fourth-order valence-corrected chi connectivity index (χ4v) is 1.93. The van der Waals surface area contributed by atoms with E-state index in [0.29, 0.717) is 44.2 Å². The highest BCUT2D eigenvalue weighted by atomic mass is 16.5. The molecule has 0 spiro atoms. The Bertz CT molecular complexity index is 198. The van der Waals surface area contributed by atoms with Crippen molar-refractivity contribution in [2.24, 2.45) is 17.8 Å². The van der Waals surface area contributed by atoms with Crippen LogP contribution in [0.3, 0.4) is 0 Å². The van der Waals surface area contributed by atoms with Crippen molar-refractivity contribution in [2.75, 3.05) is 53.2 Å². The fraction of sp³-hybridized carbons (Fsp3) is 1.00. The summed E-state index contributed by atoms with van der Waals surface area (Å²) in [4.78, 5) is 0. The maximum atomic E-state index is 5.63. The summed E-state index contributed by atoms with van der Waals surface area (Å²) >= 11 is 0. The Morgan fingerprint density at radius 1 is 0.800 bits per heavy atom. The van der Waals surface area contributed by atoms with Gasteiger partial charge >= 0.3 is 0 Å². The van der Waals surface area contributed by atoms with Gasteiger partial charge in [0.1, 0.15) is 0 Å². The van der Waals surface area contributed by atoms with E-state index in [1.165, 1.54) is 0 Å². The molecule has 0 amide bonds. The SMILES string of the molecule is COCCOCCOCCC(CNCC(C)C)C(C)C. The summed E-state index contributed by atoms with van der Waals surface area (Å²) < 4.78 is 15.9. The molecule has 0 radical (unpaired) electrons. The molecule has 122 valence electrons. The van der Waals surface area contributed by atoms with Gasteiger partial charge in [-0.3, -0.25) is 0 Å². The van der Waals surface area contributed by atoms with Gasteiger partial charge < -0.3 is 19.5 Å². The zero-order valence-corrected chi connectivity index (χ0v) is 14.1. The first kappa shape index (κ1) is 19.8. The van der Waals surface area contributed by atoms with Gasteiger partial charge in [-0.15, -0.1) is 0 Å². The molecule has 0 saturated carbocycles. The second-order valence-electron chi connectivity index (χ2n) is 6.06. The summed E-state index contributed by atoms with van der Waals surface area (Å²) in [5.41, 5.74) is 0. The molecule has 0 aromatic heterocycles. The summed E-state index contributed by atoms with van der Waals surface area (Å²) in [6, 6.07) is 0. The van der Waals surface area contributed by atoms with E-state index in [1.54, 1.807) is 7.11 Å². The first-order valence-electron chi connectivity index (χ1n) is 7.93. The van der Waals surface area contributed by atoms with Crippen molar-refractivity contribution in [3.63, 3.8) is 0 Å². The molecule has 1 N–H and O–H groups in total. The Labute approximate surface area is 125 Å². The van der Waals surface area contributed by atoms with E-state index < -0.39 is 0 Å². The maximum Gasteiger partial charge on any atom is 0.0701 e. The summed E-state index contributed by atoms with van der Waals surface area (Å²) in [7, 11) is 1.68. The van der Waals surface area contributed by atoms with Crippen LogP contribution in [0.4, 0.5) is 0 Å². The molecule has 0 aliphatic rings. The molecular weight excluding hydrogens is 254 g/mol. The van der Waals surface area contributed by atoms with Crippen LogP contribution in [0.1, 0.15) is 34.1 Å². The van der Waals surface area contributed by atoms with Crippen LogP contribution in [0.2, 0.25) is 0 Å². The third kappa shape index (κ3) is 12.9. The lowest BCUT2D eigenvalue weighted by Crippen LogP contribution is -2.30. The quantitative estimate of drug-likeness (QED) is 0.499. The molecule has 0 heterocycles. The van der Waals surface area contributed by atoms with Gasteiger partial charge in [0.15, 0.2) is 0 Å². The first-order valence-corrected chi connectivity index (χ1v) is 7.93. The largest absolute Gasteiger partial charge is 0.382 e. The number of rotatable bonds is 14. The van der Waals surface area contributed by atoms with Crippen LogP contribution < -0.4 is 5.32 Å². The average molecular weight is 289 g/mol. The summed E-state index contributed by atoms with van der Waals surface area (Å²) in [6.45, 7) is 14.7. The molecule has 1 unspecified atom stereocenters. The molecule has 0 aliphatic heterocycles. The van der Waals surface area contributed by atoms with Gasteiger partial charge in [0, 0.05) is 13.7 Å². The predicted octanol–water partition coefficient (Wildman–Crippen LogP) is 2.57. The van der Waals surface area contributed by atoms with Crippen LogP contribution in [0, 0.1) is 17.8 Å². The lowest BCUT2D eigenvalue weighted by molar-refractivity contribution is 0.0206. The molecule has 0 fully saturated rings. The van der Waals surface area contributed by atoms with Crippen LogP contribution in [0.15, 0.2) is 0 Å². The molecule has 0 rings (SSSR count). The van der Waals surface area contributed by atoms with E-state index in [9.17, 15) is 0 Å². The lowest BCUT2D eigenvalue weighted by Gasteiger charge is -2.22. The van der Waals surface area contributed by atoms with Gasteiger partial charge in [0.25, 0.3) is 0 Å². The molecule has 0 saturated heterocycles. The molecular formula is C16H35NO3. The van der Waals surface area contributed by atoms with Crippen LogP contribution in [-0.4, -0.2) is 53.2 Å². The van der Waals surface area contributed by atoms with Crippen molar-refractivity contribution in [2.45, 2.75) is 34.1 Å². The van der Waals surface area contributed by atoms with Crippen molar-refractivity contribution in [1.82, 2.24) is 5.32 Å². The van der Waals surface area contributed by atoms with Crippen molar-refractivity contribution < 1.29 is 14.2 Å². The number of ether oxygens (including phenoxy) is 3. The maximum absolute atomic E-state index is 5.63. The number of methoxy groups -OCH3 is 1. The number of nitrogens with one attached hydrogen (secondary N) is 1. The molecule has 0 aromatic rings. The van der Waals surface area contributed by atoms with E-state index in [1.807, 2.05) is 0 Å². The second-order valence-corrected chi connectivity index (χ2v) is 6.06. The van der Waals surface area contributed by atoms with Gasteiger partial charge in [0.2, 0.25) is 0 Å². The van der Waals surface area contributed by atoms with E-state index in [4.69, 9.17) is 14.2 Å². The Morgan fingerprint density at radius 3 is 1.95 bits per heavy atom. The summed E-state index contributed by atoms with van der Waals surface area (Å²) in [6.07, 6.45) is 1.11. The lowest BCUT2D eigenvalue weighted by atomic mass is 9.92. The highest BCUT2D eigenvalue weighted by molar-refractivity contribution is 4.66. The van der Waals surface area contributed by atoms with Gasteiger partial charge in [-0.1, -0.05) is 27.7 Å². The van der Waals surface area contributed by atoms with Crippen LogP contribution in [0.5, 0.6) is 0 Å². The van der Waals surface area contributed by atoms with Crippen molar-refractivity contribution >= 4 is 0 Å². The van der Waals surface area contributed by atoms with Crippen LogP contribution >= 0.6 is 0 Å². The standard InChI is InChI=1S/C16H35NO3/c1-14(2)12-17-13-16(15(3)4)6-7-19-10-11-20-9-8-18-5/h14-17H,6-13H2,1-5H3. The van der Waals surface area contributed by atoms with E-state index in [2.05, 4.69) is 33.0 Å². The van der Waals surface area contributed by atoms with Crippen LogP contribution in [-0.2, 0) is 14.2 Å². The van der Waals surface area contributed by atoms with E-state index in [0.717, 1.165) is 26.1 Å². The minimum absolute atomic E-state index is 0.646. The van der Waals surface area contributed by atoms with Gasteiger partial charge in [-0.25, -0.2) is 0 Å². The van der Waals surface area contributed by atoms with Gasteiger partial charge in [-0.05, 0) is 37.3 Å². The van der Waals surface area contributed by atoms with E-state index in [-0.39, 0.29) is 0 Å². The third-order valence-electron chi connectivity index (χ3n) is 3.34. The molecule has 0 aliphatic carbocycles. The zero-order valence-electron chi connectivity index (χ0n) is 14.1. The highest BCUT2D eigenvalue weighted by Crippen LogP contribution is 2.14. The van der Waals surface area contributed by atoms with E-state index >= 15 is 0 Å². The molecule has 0 aromatic carbocycles. The van der Waals surface area contributed by atoms with Crippen molar-refractivity contribution in [3.05, 3.63) is 0 Å². The van der Waals surface area contributed by atoms with Crippen LogP contribution in [0.25, 0.3) is 0 Å². The topological polar surface area (TPSA) is 39.7 Å². The normalized spacial score (nSPS) is 13.3. The minimum atomic E-state index is 0.646. The smallest absolute Gasteiger partial charge is 0.0701 e. The Balaban J connectivity index is 3.51. The van der Waals surface area contributed by atoms with Crippen molar-refractivity contribution in [1.29, 1.82) is 0 Å².